The van der Waals surface area contributed by atoms with Gasteiger partial charge < -0.3 is 5.32 Å². The summed E-state index contributed by atoms with van der Waals surface area (Å²) in [5.74, 6) is 0. The first-order chi connectivity index (χ1) is 7.27. The highest BCUT2D eigenvalue weighted by molar-refractivity contribution is 9.11. The van der Waals surface area contributed by atoms with E-state index < -0.39 is 0 Å². The summed E-state index contributed by atoms with van der Waals surface area (Å²) in [6.45, 7) is 7.06. The molecule has 0 saturated heterocycles. The monoisotopic (exact) mass is 287 g/mol. The maximum Gasteiger partial charge on any atom is 0.0701 e. The SMILES string of the molecule is C=CCCC(NCCC)c1ccc(Br)s1. The van der Waals surface area contributed by atoms with Crippen molar-refractivity contribution in [2.75, 3.05) is 6.54 Å². The standard InChI is InChI=1S/C12H18BrNS/c1-3-5-6-10(14-9-4-2)11-7-8-12(13)15-11/h3,7-8,10,14H,1,4-6,9H2,2H3. The van der Waals surface area contributed by atoms with Gasteiger partial charge >= 0.3 is 0 Å². The van der Waals surface area contributed by atoms with Crippen molar-refractivity contribution < 1.29 is 0 Å². The Hall–Kier alpha value is -0.120. The number of hydrogen-bond acceptors (Lipinski definition) is 2. The van der Waals surface area contributed by atoms with Crippen molar-refractivity contribution in [2.45, 2.75) is 32.2 Å². The minimum atomic E-state index is 0.485. The summed E-state index contributed by atoms with van der Waals surface area (Å²) in [5.41, 5.74) is 0. The van der Waals surface area contributed by atoms with Crippen LogP contribution in [0.4, 0.5) is 0 Å². The van der Waals surface area contributed by atoms with Crippen molar-refractivity contribution in [2.24, 2.45) is 0 Å². The van der Waals surface area contributed by atoms with Gasteiger partial charge in [-0.25, -0.2) is 0 Å². The molecule has 0 aliphatic carbocycles. The van der Waals surface area contributed by atoms with E-state index in [1.165, 1.54) is 15.1 Å². The van der Waals surface area contributed by atoms with E-state index in [1.807, 2.05) is 17.4 Å². The summed E-state index contributed by atoms with van der Waals surface area (Å²) in [7, 11) is 0. The van der Waals surface area contributed by atoms with Crippen molar-refractivity contribution in [1.29, 1.82) is 0 Å². The maximum atomic E-state index is 3.78. The second kappa shape index (κ2) is 7.20. The van der Waals surface area contributed by atoms with Gasteiger partial charge in [-0.3, -0.25) is 0 Å². The van der Waals surface area contributed by atoms with E-state index in [4.69, 9.17) is 0 Å². The highest BCUT2D eigenvalue weighted by Gasteiger charge is 2.11. The molecule has 0 fully saturated rings. The second-order valence-corrected chi connectivity index (χ2v) is 6.01. The molecule has 1 heterocycles. The molecule has 1 aromatic rings. The van der Waals surface area contributed by atoms with Crippen LogP contribution in [0.5, 0.6) is 0 Å². The van der Waals surface area contributed by atoms with Gasteiger partial charge in [-0.15, -0.1) is 17.9 Å². The third kappa shape index (κ3) is 4.49. The number of rotatable bonds is 7. The third-order valence-electron chi connectivity index (χ3n) is 2.24. The molecule has 84 valence electrons. The molecule has 1 N–H and O–H groups in total. The predicted molar refractivity (Wildman–Crippen MR) is 72.5 cm³/mol. The van der Waals surface area contributed by atoms with Crippen LogP contribution in [-0.2, 0) is 0 Å². The van der Waals surface area contributed by atoms with Crippen LogP contribution in [0.25, 0.3) is 0 Å². The van der Waals surface area contributed by atoms with Crippen molar-refractivity contribution in [3.8, 4) is 0 Å². The minimum Gasteiger partial charge on any atom is -0.309 e. The molecule has 15 heavy (non-hydrogen) atoms. The molecule has 3 heteroatoms. The van der Waals surface area contributed by atoms with E-state index in [2.05, 4.69) is 46.9 Å². The third-order valence-corrected chi connectivity index (χ3v) is 3.97. The Morgan fingerprint density at radius 3 is 2.93 bits per heavy atom. The van der Waals surface area contributed by atoms with Gasteiger partial charge in [0.2, 0.25) is 0 Å². The quantitative estimate of drug-likeness (QED) is 0.727. The Bertz CT molecular complexity index is 296. The van der Waals surface area contributed by atoms with Crippen molar-refractivity contribution in [3.05, 3.63) is 33.5 Å². The molecule has 0 bridgehead atoms. The highest BCUT2D eigenvalue weighted by Crippen LogP contribution is 2.29. The van der Waals surface area contributed by atoms with Crippen LogP contribution >= 0.6 is 27.3 Å². The van der Waals surface area contributed by atoms with Crippen LogP contribution < -0.4 is 5.32 Å². The summed E-state index contributed by atoms with van der Waals surface area (Å²) in [5, 5.41) is 3.58. The fourth-order valence-electron chi connectivity index (χ4n) is 1.46. The first-order valence-electron chi connectivity index (χ1n) is 5.37. The molecular formula is C12H18BrNS. The lowest BCUT2D eigenvalue weighted by molar-refractivity contribution is 0.510. The topological polar surface area (TPSA) is 12.0 Å². The average molecular weight is 288 g/mol. The lowest BCUT2D eigenvalue weighted by atomic mass is 10.1. The smallest absolute Gasteiger partial charge is 0.0701 e. The van der Waals surface area contributed by atoms with Gasteiger partial charge in [0.05, 0.1) is 3.79 Å². The predicted octanol–water partition coefficient (Wildman–Crippen LogP) is 4.52. The maximum absolute atomic E-state index is 3.78. The molecule has 1 atom stereocenters. The molecule has 0 radical (unpaired) electrons. The number of allylic oxidation sites excluding steroid dienone is 1. The van der Waals surface area contributed by atoms with Gasteiger partial charge in [0.25, 0.3) is 0 Å². The molecular weight excluding hydrogens is 270 g/mol. The number of thiophene rings is 1. The van der Waals surface area contributed by atoms with Crippen LogP contribution in [0.15, 0.2) is 28.6 Å². The minimum absolute atomic E-state index is 0.485. The number of hydrogen-bond donors (Lipinski definition) is 1. The Labute approximate surface area is 105 Å². The van der Waals surface area contributed by atoms with Crippen molar-refractivity contribution in [1.82, 2.24) is 5.32 Å². The van der Waals surface area contributed by atoms with Crippen LogP contribution in [0, 0.1) is 0 Å². The van der Waals surface area contributed by atoms with Crippen molar-refractivity contribution >= 4 is 27.3 Å². The largest absolute Gasteiger partial charge is 0.309 e. The van der Waals surface area contributed by atoms with E-state index in [-0.39, 0.29) is 0 Å². The van der Waals surface area contributed by atoms with E-state index in [9.17, 15) is 0 Å². The fraction of sp³-hybridized carbons (Fsp3) is 0.500. The zero-order valence-corrected chi connectivity index (χ0v) is 11.5. The lowest BCUT2D eigenvalue weighted by Crippen LogP contribution is -2.21. The Balaban J connectivity index is 2.58. The van der Waals surface area contributed by atoms with Gasteiger partial charge in [-0.1, -0.05) is 13.0 Å². The summed E-state index contributed by atoms with van der Waals surface area (Å²) >= 11 is 5.32. The fourth-order valence-corrected chi connectivity index (χ4v) is 3.00. The van der Waals surface area contributed by atoms with E-state index >= 15 is 0 Å². The van der Waals surface area contributed by atoms with Gasteiger partial charge in [0, 0.05) is 10.9 Å². The van der Waals surface area contributed by atoms with E-state index in [0.717, 1.165) is 19.4 Å². The molecule has 0 aliphatic heterocycles. The summed E-state index contributed by atoms with van der Waals surface area (Å²) in [4.78, 5) is 1.41. The second-order valence-electron chi connectivity index (χ2n) is 3.51. The lowest BCUT2D eigenvalue weighted by Gasteiger charge is -2.15. The molecule has 0 aliphatic rings. The molecule has 0 spiro atoms. The number of halogens is 1. The van der Waals surface area contributed by atoms with Gasteiger partial charge in [0.15, 0.2) is 0 Å². The van der Waals surface area contributed by atoms with Gasteiger partial charge in [-0.2, -0.15) is 0 Å². The van der Waals surface area contributed by atoms with Crippen molar-refractivity contribution in [3.63, 3.8) is 0 Å². The van der Waals surface area contributed by atoms with Crippen LogP contribution in [0.1, 0.15) is 37.1 Å². The molecule has 1 aromatic heterocycles. The molecule has 1 nitrogen and oxygen atoms in total. The highest BCUT2D eigenvalue weighted by atomic mass is 79.9. The molecule has 0 amide bonds. The molecule has 0 saturated carbocycles. The average Bonchev–Trinajstić information content (AvgIpc) is 2.65. The molecule has 1 rings (SSSR count). The first kappa shape index (κ1) is 12.9. The summed E-state index contributed by atoms with van der Waals surface area (Å²) < 4.78 is 1.21. The Kier molecular flexibility index (Phi) is 6.22. The zero-order chi connectivity index (χ0) is 11.1. The van der Waals surface area contributed by atoms with Gasteiger partial charge in [-0.05, 0) is 53.9 Å². The first-order valence-corrected chi connectivity index (χ1v) is 6.98. The number of nitrogens with one attached hydrogen (secondary N) is 1. The molecule has 1 unspecified atom stereocenters. The molecule has 0 aromatic carbocycles. The van der Waals surface area contributed by atoms with E-state index in [1.54, 1.807) is 0 Å². The Morgan fingerprint density at radius 2 is 2.40 bits per heavy atom. The summed E-state index contributed by atoms with van der Waals surface area (Å²) in [6.07, 6.45) is 5.37. The normalized spacial score (nSPS) is 12.7. The zero-order valence-electron chi connectivity index (χ0n) is 9.13. The summed E-state index contributed by atoms with van der Waals surface area (Å²) in [6, 6.07) is 4.80. The van der Waals surface area contributed by atoms with Crippen LogP contribution in [0.3, 0.4) is 0 Å². The Morgan fingerprint density at radius 1 is 1.60 bits per heavy atom. The van der Waals surface area contributed by atoms with Gasteiger partial charge in [0.1, 0.15) is 0 Å². The van der Waals surface area contributed by atoms with Crippen LogP contribution in [0.2, 0.25) is 0 Å². The van der Waals surface area contributed by atoms with Crippen LogP contribution in [-0.4, -0.2) is 6.54 Å². The van der Waals surface area contributed by atoms with E-state index in [0.29, 0.717) is 6.04 Å².